The molecule has 2 N–H and O–H groups in total. The standard InChI is InChI=1S/C17H16ClF2N3O2/c18-17-21-12-6-11(20)10(19)5-9(12)15(23-17)22-14-8-3-1-7(2-4-8)13(14)16(24)25/h5-8,13-14H,1-4H2,(H,24,25)(H,21,22,23). The molecule has 2 atom stereocenters. The minimum Gasteiger partial charge on any atom is -0.481 e. The predicted molar refractivity (Wildman–Crippen MR) is 88.4 cm³/mol. The monoisotopic (exact) mass is 367 g/mol. The molecule has 0 saturated heterocycles. The lowest BCUT2D eigenvalue weighted by atomic mass is 9.61. The van der Waals surface area contributed by atoms with Crippen molar-refractivity contribution >= 4 is 34.3 Å². The second-order valence-electron chi connectivity index (χ2n) is 6.83. The zero-order valence-corrected chi connectivity index (χ0v) is 13.9. The molecule has 3 saturated carbocycles. The minimum atomic E-state index is -1.02. The average Bonchev–Trinajstić information content (AvgIpc) is 2.57. The Morgan fingerprint density at radius 3 is 2.44 bits per heavy atom. The molecule has 0 amide bonds. The molecule has 2 aromatic rings. The molecule has 3 aliphatic carbocycles. The van der Waals surface area contributed by atoms with Crippen LogP contribution in [0.2, 0.25) is 5.28 Å². The lowest BCUT2D eigenvalue weighted by Crippen LogP contribution is -2.51. The number of carbonyl (C=O) groups is 1. The smallest absolute Gasteiger partial charge is 0.308 e. The molecule has 3 aliphatic rings. The van der Waals surface area contributed by atoms with Gasteiger partial charge in [0.1, 0.15) is 5.82 Å². The Kier molecular flexibility index (Phi) is 3.98. The van der Waals surface area contributed by atoms with Crippen LogP contribution in [0.3, 0.4) is 0 Å². The number of aliphatic carboxylic acids is 1. The maximum absolute atomic E-state index is 13.7. The summed E-state index contributed by atoms with van der Waals surface area (Å²) >= 11 is 5.92. The SMILES string of the molecule is O=C(O)C1C2CCC(CC2)C1Nc1nc(Cl)nc2cc(F)c(F)cc12. The molecular weight excluding hydrogens is 352 g/mol. The first-order chi connectivity index (χ1) is 11.9. The first-order valence-corrected chi connectivity index (χ1v) is 8.63. The molecule has 5 nitrogen and oxygen atoms in total. The Labute approximate surface area is 147 Å². The third-order valence-electron chi connectivity index (χ3n) is 5.52. The van der Waals surface area contributed by atoms with Gasteiger partial charge in [0.15, 0.2) is 11.6 Å². The van der Waals surface area contributed by atoms with E-state index in [-0.39, 0.29) is 39.9 Å². The van der Waals surface area contributed by atoms with Crippen LogP contribution >= 0.6 is 11.6 Å². The molecule has 25 heavy (non-hydrogen) atoms. The third kappa shape index (κ3) is 2.80. The van der Waals surface area contributed by atoms with Gasteiger partial charge in [-0.15, -0.1) is 0 Å². The Bertz CT molecular complexity index is 855. The quantitative estimate of drug-likeness (QED) is 0.806. The number of carboxylic acids is 1. The molecule has 0 aliphatic heterocycles. The molecular formula is C17H16ClF2N3O2. The first-order valence-electron chi connectivity index (χ1n) is 8.25. The van der Waals surface area contributed by atoms with E-state index in [1.54, 1.807) is 0 Å². The highest BCUT2D eigenvalue weighted by atomic mass is 35.5. The fraction of sp³-hybridized carbons (Fsp3) is 0.471. The summed E-state index contributed by atoms with van der Waals surface area (Å²) in [7, 11) is 0. The number of nitrogens with zero attached hydrogens (tertiary/aromatic N) is 2. The van der Waals surface area contributed by atoms with E-state index >= 15 is 0 Å². The van der Waals surface area contributed by atoms with Crippen molar-refractivity contribution in [2.45, 2.75) is 31.7 Å². The Balaban J connectivity index is 1.77. The van der Waals surface area contributed by atoms with E-state index in [1.165, 1.54) is 0 Å². The lowest BCUT2D eigenvalue weighted by molar-refractivity contribution is -0.148. The van der Waals surface area contributed by atoms with Crippen molar-refractivity contribution in [1.82, 2.24) is 9.97 Å². The zero-order valence-electron chi connectivity index (χ0n) is 13.2. The maximum atomic E-state index is 13.7. The molecule has 3 fully saturated rings. The van der Waals surface area contributed by atoms with Crippen molar-refractivity contribution in [3.05, 3.63) is 29.1 Å². The molecule has 5 rings (SSSR count). The Morgan fingerprint density at radius 2 is 1.76 bits per heavy atom. The molecule has 2 unspecified atom stereocenters. The van der Waals surface area contributed by atoms with Crippen molar-refractivity contribution in [3.63, 3.8) is 0 Å². The second-order valence-corrected chi connectivity index (χ2v) is 7.17. The number of hydrogen-bond donors (Lipinski definition) is 2. The summed E-state index contributed by atoms with van der Waals surface area (Å²) in [4.78, 5) is 19.8. The summed E-state index contributed by atoms with van der Waals surface area (Å²) in [6.07, 6.45) is 3.72. The van der Waals surface area contributed by atoms with Crippen LogP contribution in [0.1, 0.15) is 25.7 Å². The number of carboxylic acid groups (broad SMARTS) is 1. The van der Waals surface area contributed by atoms with Gasteiger partial charge >= 0.3 is 5.97 Å². The number of fused-ring (bicyclic) bond motifs is 4. The molecule has 1 aromatic carbocycles. The van der Waals surface area contributed by atoms with Crippen LogP contribution in [0.4, 0.5) is 14.6 Å². The molecule has 1 heterocycles. The number of nitrogens with one attached hydrogen (secondary N) is 1. The highest BCUT2D eigenvalue weighted by Gasteiger charge is 2.47. The number of anilines is 1. The van der Waals surface area contributed by atoms with Crippen molar-refractivity contribution in [2.24, 2.45) is 17.8 Å². The molecule has 0 radical (unpaired) electrons. The molecule has 1 aromatic heterocycles. The normalized spacial score (nSPS) is 28.3. The number of hydrogen-bond acceptors (Lipinski definition) is 4. The Morgan fingerprint density at radius 1 is 1.12 bits per heavy atom. The van der Waals surface area contributed by atoms with E-state index in [1.807, 2.05) is 0 Å². The average molecular weight is 368 g/mol. The molecule has 0 spiro atoms. The van der Waals surface area contributed by atoms with Crippen LogP contribution in [0.5, 0.6) is 0 Å². The van der Waals surface area contributed by atoms with Crippen molar-refractivity contribution < 1.29 is 18.7 Å². The van der Waals surface area contributed by atoms with Crippen molar-refractivity contribution in [1.29, 1.82) is 0 Å². The summed E-state index contributed by atoms with van der Waals surface area (Å²) in [5.41, 5.74) is 0.175. The summed E-state index contributed by atoms with van der Waals surface area (Å²) < 4.78 is 27.2. The van der Waals surface area contributed by atoms with E-state index in [9.17, 15) is 18.7 Å². The van der Waals surface area contributed by atoms with E-state index in [4.69, 9.17) is 11.6 Å². The van der Waals surface area contributed by atoms with Crippen LogP contribution in [-0.2, 0) is 4.79 Å². The number of aromatic nitrogens is 2. The largest absolute Gasteiger partial charge is 0.481 e. The topological polar surface area (TPSA) is 75.1 Å². The van der Waals surface area contributed by atoms with E-state index in [0.29, 0.717) is 0 Å². The van der Waals surface area contributed by atoms with Crippen LogP contribution in [0.15, 0.2) is 12.1 Å². The summed E-state index contributed by atoms with van der Waals surface area (Å²) in [5.74, 6) is -2.82. The van der Waals surface area contributed by atoms with E-state index in [2.05, 4.69) is 15.3 Å². The molecule has 132 valence electrons. The van der Waals surface area contributed by atoms with Crippen LogP contribution in [-0.4, -0.2) is 27.1 Å². The van der Waals surface area contributed by atoms with Gasteiger partial charge in [-0.05, 0) is 55.2 Å². The van der Waals surface area contributed by atoms with Gasteiger partial charge in [-0.3, -0.25) is 4.79 Å². The van der Waals surface area contributed by atoms with Gasteiger partial charge in [-0.25, -0.2) is 18.7 Å². The number of benzene rings is 1. The highest BCUT2D eigenvalue weighted by Crippen LogP contribution is 2.46. The van der Waals surface area contributed by atoms with Gasteiger partial charge in [0.2, 0.25) is 5.28 Å². The second kappa shape index (κ2) is 6.05. The summed E-state index contributed by atoms with van der Waals surface area (Å²) in [6, 6.07) is 1.66. The minimum absolute atomic E-state index is 0.103. The third-order valence-corrected chi connectivity index (χ3v) is 5.69. The molecule has 2 bridgehead atoms. The van der Waals surface area contributed by atoms with E-state index < -0.39 is 23.5 Å². The zero-order chi connectivity index (χ0) is 17.7. The maximum Gasteiger partial charge on any atom is 0.308 e. The number of halogens is 3. The fourth-order valence-corrected chi connectivity index (χ4v) is 4.55. The van der Waals surface area contributed by atoms with Crippen molar-refractivity contribution in [3.8, 4) is 0 Å². The number of rotatable bonds is 3. The van der Waals surface area contributed by atoms with Gasteiger partial charge < -0.3 is 10.4 Å². The lowest BCUT2D eigenvalue weighted by Gasteiger charge is -2.47. The Hall–Kier alpha value is -2.02. The summed E-state index contributed by atoms with van der Waals surface area (Å²) in [6.45, 7) is 0. The van der Waals surface area contributed by atoms with Crippen LogP contribution < -0.4 is 5.32 Å². The summed E-state index contributed by atoms with van der Waals surface area (Å²) in [5, 5.41) is 13.0. The predicted octanol–water partition coefficient (Wildman–Crippen LogP) is 3.86. The van der Waals surface area contributed by atoms with Gasteiger partial charge in [0, 0.05) is 17.5 Å². The fourth-order valence-electron chi connectivity index (χ4n) is 4.38. The molecule has 8 heteroatoms. The van der Waals surface area contributed by atoms with Crippen LogP contribution in [0, 0.1) is 29.4 Å². The highest BCUT2D eigenvalue weighted by molar-refractivity contribution is 6.28. The van der Waals surface area contributed by atoms with Gasteiger partial charge in [-0.1, -0.05) is 0 Å². The first kappa shape index (κ1) is 16.4. The van der Waals surface area contributed by atoms with Crippen LogP contribution in [0.25, 0.3) is 10.9 Å². The van der Waals surface area contributed by atoms with Crippen molar-refractivity contribution in [2.75, 3.05) is 5.32 Å². The van der Waals surface area contributed by atoms with Gasteiger partial charge in [-0.2, -0.15) is 0 Å². The van der Waals surface area contributed by atoms with Gasteiger partial charge in [0.05, 0.1) is 11.4 Å². The van der Waals surface area contributed by atoms with Gasteiger partial charge in [0.25, 0.3) is 0 Å². The van der Waals surface area contributed by atoms with E-state index in [0.717, 1.165) is 37.8 Å².